The van der Waals surface area contributed by atoms with Gasteiger partial charge in [0.2, 0.25) is 0 Å². The number of para-hydroxylation sites is 1. The highest BCUT2D eigenvalue weighted by atomic mass is 32.2. The molecule has 4 rings (SSSR count). The first-order valence-electron chi connectivity index (χ1n) is 6.89. The predicted octanol–water partition coefficient (Wildman–Crippen LogP) is 4.13. The highest BCUT2D eigenvalue weighted by Gasteiger charge is 2.28. The number of aromatic nitrogens is 2. The first kappa shape index (κ1) is 13.7. The van der Waals surface area contributed by atoms with Gasteiger partial charge in [-0.3, -0.25) is 4.79 Å². The molecule has 2 heterocycles. The number of hydrogen-bond acceptors (Lipinski definition) is 4. The van der Waals surface area contributed by atoms with Crippen LogP contribution in [0.3, 0.4) is 0 Å². The van der Waals surface area contributed by atoms with E-state index in [0.717, 1.165) is 15.5 Å². The highest BCUT2D eigenvalue weighted by molar-refractivity contribution is 8.18. The second-order valence-electron chi connectivity index (χ2n) is 4.87. The Morgan fingerprint density at radius 1 is 0.909 bits per heavy atom. The first-order valence-corrected chi connectivity index (χ1v) is 8.65. The molecule has 0 saturated heterocycles. The van der Waals surface area contributed by atoms with E-state index in [2.05, 4.69) is 17.2 Å². The summed E-state index contributed by atoms with van der Waals surface area (Å²) in [6.07, 6.45) is 1.80. The summed E-state index contributed by atoms with van der Waals surface area (Å²) in [7, 11) is 0. The summed E-state index contributed by atoms with van der Waals surface area (Å²) >= 11 is 3.31. The molecular formula is C17H12N2OS2. The van der Waals surface area contributed by atoms with Gasteiger partial charge in [0.25, 0.3) is 5.56 Å². The van der Waals surface area contributed by atoms with Crippen molar-refractivity contribution in [3.8, 4) is 5.69 Å². The number of fused-ring (bicyclic) bond motifs is 1. The molecular weight excluding hydrogens is 312 g/mol. The zero-order chi connectivity index (χ0) is 14.9. The molecule has 2 aromatic carbocycles. The normalized spacial score (nSPS) is 16.5. The molecule has 3 aromatic rings. The second-order valence-corrected chi connectivity index (χ2v) is 7.43. The standard InChI is InChI=1S/C17H12N2OS2/c20-16-15-14(11-18-19(16)13-9-5-2-6-10-13)21-17(22-15)12-7-3-1-4-8-12/h1-11,17H/t17-/m0/s1. The van der Waals surface area contributed by atoms with Gasteiger partial charge in [0.15, 0.2) is 0 Å². The Morgan fingerprint density at radius 2 is 1.59 bits per heavy atom. The van der Waals surface area contributed by atoms with Crippen LogP contribution in [-0.2, 0) is 0 Å². The van der Waals surface area contributed by atoms with Crippen molar-refractivity contribution < 1.29 is 0 Å². The molecule has 108 valence electrons. The number of thioether (sulfide) groups is 2. The zero-order valence-corrected chi connectivity index (χ0v) is 13.2. The van der Waals surface area contributed by atoms with Crippen molar-refractivity contribution in [1.29, 1.82) is 0 Å². The van der Waals surface area contributed by atoms with Gasteiger partial charge in [0, 0.05) is 4.90 Å². The fourth-order valence-electron chi connectivity index (χ4n) is 2.36. The Morgan fingerprint density at radius 3 is 2.32 bits per heavy atom. The fourth-order valence-corrected chi connectivity index (χ4v) is 5.13. The van der Waals surface area contributed by atoms with Crippen LogP contribution in [0.15, 0.2) is 81.4 Å². The molecule has 1 aliphatic rings. The molecule has 5 heteroatoms. The summed E-state index contributed by atoms with van der Waals surface area (Å²) in [4.78, 5) is 14.5. The van der Waals surface area contributed by atoms with Crippen LogP contribution in [0.5, 0.6) is 0 Å². The van der Waals surface area contributed by atoms with Crippen molar-refractivity contribution in [2.45, 2.75) is 14.4 Å². The van der Waals surface area contributed by atoms with Gasteiger partial charge in [0.05, 0.1) is 21.4 Å². The summed E-state index contributed by atoms with van der Waals surface area (Å²) in [5, 5.41) is 4.32. The lowest BCUT2D eigenvalue weighted by atomic mass is 10.2. The van der Waals surface area contributed by atoms with Crippen molar-refractivity contribution in [3.63, 3.8) is 0 Å². The van der Waals surface area contributed by atoms with Gasteiger partial charge in [-0.1, -0.05) is 60.3 Å². The van der Waals surface area contributed by atoms with E-state index in [1.165, 1.54) is 10.2 Å². The molecule has 1 aliphatic heterocycles. The molecule has 0 aliphatic carbocycles. The van der Waals surface area contributed by atoms with Gasteiger partial charge in [-0.25, -0.2) is 0 Å². The lowest BCUT2D eigenvalue weighted by Gasteiger charge is -2.06. The third-order valence-electron chi connectivity index (χ3n) is 3.43. The van der Waals surface area contributed by atoms with Gasteiger partial charge in [-0.2, -0.15) is 9.78 Å². The summed E-state index contributed by atoms with van der Waals surface area (Å²) in [6, 6.07) is 19.8. The topological polar surface area (TPSA) is 34.9 Å². The maximum Gasteiger partial charge on any atom is 0.286 e. The third kappa shape index (κ3) is 2.36. The molecule has 0 fully saturated rings. The molecule has 0 spiro atoms. The molecule has 22 heavy (non-hydrogen) atoms. The first-order chi connectivity index (χ1) is 10.8. The lowest BCUT2D eigenvalue weighted by Crippen LogP contribution is -2.22. The highest BCUT2D eigenvalue weighted by Crippen LogP contribution is 2.54. The van der Waals surface area contributed by atoms with E-state index in [9.17, 15) is 4.79 Å². The molecule has 0 radical (unpaired) electrons. The Balaban J connectivity index is 1.74. The molecule has 3 nitrogen and oxygen atoms in total. The summed E-state index contributed by atoms with van der Waals surface area (Å²) in [5.41, 5.74) is 1.98. The number of hydrogen-bond donors (Lipinski definition) is 0. The molecule has 0 N–H and O–H groups in total. The molecule has 0 bridgehead atoms. The lowest BCUT2D eigenvalue weighted by molar-refractivity contribution is 0.758. The van der Waals surface area contributed by atoms with E-state index in [4.69, 9.17) is 0 Å². The van der Waals surface area contributed by atoms with E-state index in [1.807, 2.05) is 48.5 Å². The van der Waals surface area contributed by atoms with Gasteiger partial charge in [0.1, 0.15) is 0 Å². The van der Waals surface area contributed by atoms with Crippen LogP contribution < -0.4 is 5.56 Å². The van der Waals surface area contributed by atoms with Crippen molar-refractivity contribution >= 4 is 23.5 Å². The molecule has 0 amide bonds. The Hall–Kier alpha value is -1.98. The number of nitrogens with zero attached hydrogens (tertiary/aromatic N) is 2. The minimum atomic E-state index is -0.0420. The Labute approximate surface area is 136 Å². The van der Waals surface area contributed by atoms with Crippen molar-refractivity contribution in [2.75, 3.05) is 0 Å². The molecule has 1 atom stereocenters. The monoisotopic (exact) mass is 324 g/mol. The largest absolute Gasteiger partial charge is 0.286 e. The fraction of sp³-hybridized carbons (Fsp3) is 0.0588. The van der Waals surface area contributed by atoms with E-state index >= 15 is 0 Å². The zero-order valence-electron chi connectivity index (χ0n) is 11.5. The Bertz CT molecular complexity index is 863. The van der Waals surface area contributed by atoms with Gasteiger partial charge >= 0.3 is 0 Å². The van der Waals surface area contributed by atoms with Crippen LogP contribution in [0, 0.1) is 0 Å². The van der Waals surface area contributed by atoms with Gasteiger partial charge in [-0.05, 0) is 17.7 Å². The van der Waals surface area contributed by atoms with E-state index < -0.39 is 0 Å². The quantitative estimate of drug-likeness (QED) is 0.710. The Kier molecular flexibility index (Phi) is 3.52. The minimum absolute atomic E-state index is 0.0420. The van der Waals surface area contributed by atoms with Crippen LogP contribution in [-0.4, -0.2) is 9.78 Å². The minimum Gasteiger partial charge on any atom is -0.266 e. The average Bonchev–Trinajstić information content (AvgIpc) is 3.02. The van der Waals surface area contributed by atoms with Crippen molar-refractivity contribution in [2.24, 2.45) is 0 Å². The van der Waals surface area contributed by atoms with Crippen LogP contribution in [0.25, 0.3) is 5.69 Å². The molecule has 0 saturated carbocycles. The number of rotatable bonds is 2. The second kappa shape index (κ2) is 5.66. The van der Waals surface area contributed by atoms with Crippen molar-refractivity contribution in [3.05, 3.63) is 82.8 Å². The third-order valence-corrected chi connectivity index (χ3v) is 6.31. The predicted molar refractivity (Wildman–Crippen MR) is 90.7 cm³/mol. The van der Waals surface area contributed by atoms with Crippen LogP contribution in [0.1, 0.15) is 10.1 Å². The van der Waals surface area contributed by atoms with E-state index in [-0.39, 0.29) is 10.1 Å². The van der Waals surface area contributed by atoms with Gasteiger partial charge in [-0.15, -0.1) is 11.8 Å². The van der Waals surface area contributed by atoms with Crippen LogP contribution >= 0.6 is 23.5 Å². The summed E-state index contributed by atoms with van der Waals surface area (Å²) in [5.74, 6) is 0. The van der Waals surface area contributed by atoms with E-state index in [0.29, 0.717) is 0 Å². The van der Waals surface area contributed by atoms with Crippen molar-refractivity contribution in [1.82, 2.24) is 9.78 Å². The van der Waals surface area contributed by atoms with Gasteiger partial charge < -0.3 is 0 Å². The smallest absolute Gasteiger partial charge is 0.266 e. The summed E-state index contributed by atoms with van der Waals surface area (Å²) in [6.45, 7) is 0. The maximum atomic E-state index is 12.7. The van der Waals surface area contributed by atoms with Crippen LogP contribution in [0.2, 0.25) is 0 Å². The average molecular weight is 324 g/mol. The van der Waals surface area contributed by atoms with E-state index in [1.54, 1.807) is 29.7 Å². The number of benzene rings is 2. The van der Waals surface area contributed by atoms with Crippen LogP contribution in [0.4, 0.5) is 0 Å². The summed E-state index contributed by atoms with van der Waals surface area (Å²) < 4.78 is 1.69. The molecule has 1 aromatic heterocycles. The maximum absolute atomic E-state index is 12.7. The molecule has 0 unspecified atom stereocenters. The SMILES string of the molecule is O=c1c2c(cnn1-c1ccccc1)S[C@H](c1ccccc1)S2.